The third kappa shape index (κ3) is 5.55. The number of esters is 1. The maximum absolute atomic E-state index is 12.8. The summed E-state index contributed by atoms with van der Waals surface area (Å²) in [5.41, 5.74) is 5.67. The van der Waals surface area contributed by atoms with E-state index in [0.29, 0.717) is 17.0 Å². The third-order valence-electron chi connectivity index (χ3n) is 5.80. The van der Waals surface area contributed by atoms with E-state index in [0.717, 1.165) is 39.4 Å². The third-order valence-corrected chi connectivity index (χ3v) is 5.80. The summed E-state index contributed by atoms with van der Waals surface area (Å²) in [7, 11) is 3.26. The molecular formula is C29H26N2O4. The lowest BCUT2D eigenvalue weighted by molar-refractivity contribution is 0.0733. The number of ether oxygens (including phenoxy) is 3. The molecule has 0 saturated carbocycles. The van der Waals surface area contributed by atoms with Crippen LogP contribution >= 0.6 is 0 Å². The Morgan fingerprint density at radius 1 is 0.629 bits per heavy atom. The van der Waals surface area contributed by atoms with Crippen LogP contribution in [0.4, 0.5) is 11.4 Å². The van der Waals surface area contributed by atoms with E-state index in [1.807, 2.05) is 74.5 Å². The van der Waals surface area contributed by atoms with Crippen molar-refractivity contribution < 1.29 is 19.0 Å². The lowest BCUT2D eigenvalue weighted by Gasteiger charge is -2.11. The van der Waals surface area contributed by atoms with E-state index in [2.05, 4.69) is 10.2 Å². The summed E-state index contributed by atoms with van der Waals surface area (Å²) in [6, 6.07) is 26.0. The molecule has 0 aromatic heterocycles. The van der Waals surface area contributed by atoms with Crippen LogP contribution in [0.2, 0.25) is 0 Å². The molecule has 6 heteroatoms. The number of methoxy groups -OCH3 is 2. The number of nitrogens with zero attached hydrogens (tertiary/aromatic N) is 2. The quantitative estimate of drug-likeness (QED) is 0.160. The maximum atomic E-state index is 12.8. The molecule has 0 radical (unpaired) electrons. The highest BCUT2D eigenvalue weighted by Gasteiger charge is 2.13. The Hall–Kier alpha value is -4.45. The van der Waals surface area contributed by atoms with E-state index in [4.69, 9.17) is 14.2 Å². The summed E-state index contributed by atoms with van der Waals surface area (Å²) in [4.78, 5) is 12.8. The largest absolute Gasteiger partial charge is 0.497 e. The Kier molecular flexibility index (Phi) is 7.21. The van der Waals surface area contributed by atoms with Crippen LogP contribution < -0.4 is 14.2 Å². The lowest BCUT2D eigenvalue weighted by atomic mass is 10.0. The molecule has 4 rings (SSSR count). The lowest BCUT2D eigenvalue weighted by Crippen LogP contribution is -2.09. The number of azo groups is 1. The first-order valence-electron chi connectivity index (χ1n) is 11.1. The Balaban J connectivity index is 1.46. The van der Waals surface area contributed by atoms with Crippen LogP contribution in [0.25, 0.3) is 11.1 Å². The molecule has 0 unspecified atom stereocenters. The Bertz CT molecular complexity index is 1340. The van der Waals surface area contributed by atoms with Crippen molar-refractivity contribution >= 4 is 17.3 Å². The van der Waals surface area contributed by atoms with E-state index in [1.165, 1.54) is 0 Å². The van der Waals surface area contributed by atoms with Gasteiger partial charge in [0.1, 0.15) is 17.2 Å². The molecule has 4 aromatic rings. The van der Waals surface area contributed by atoms with Crippen molar-refractivity contribution in [1.29, 1.82) is 0 Å². The predicted octanol–water partition coefficient (Wildman–Crippen LogP) is 7.62. The van der Waals surface area contributed by atoms with Crippen molar-refractivity contribution in [2.75, 3.05) is 14.2 Å². The van der Waals surface area contributed by atoms with E-state index < -0.39 is 5.97 Å². The Labute approximate surface area is 204 Å². The molecule has 0 aliphatic rings. The zero-order chi connectivity index (χ0) is 24.8. The highest BCUT2D eigenvalue weighted by atomic mass is 16.5. The fraction of sp³-hybridized carbons (Fsp3) is 0.138. The van der Waals surface area contributed by atoms with E-state index >= 15 is 0 Å². The molecular weight excluding hydrogens is 440 g/mol. The summed E-state index contributed by atoms with van der Waals surface area (Å²) in [5, 5.41) is 8.65. The standard InChI is InChI=1S/C29H26N2O4/c1-19-20(2)28(18-17-27(19)31-30-24-11-15-26(34-4)16-12-24)35-29(32)23-7-5-21(6-8-23)22-9-13-25(33-3)14-10-22/h5-18H,1-4H3. The van der Waals surface area contributed by atoms with Crippen LogP contribution in [0.15, 0.2) is 95.2 Å². The van der Waals surface area contributed by atoms with Gasteiger partial charge in [0.25, 0.3) is 0 Å². The van der Waals surface area contributed by atoms with Crippen LogP contribution in [0.1, 0.15) is 21.5 Å². The van der Waals surface area contributed by atoms with Gasteiger partial charge in [0.2, 0.25) is 0 Å². The van der Waals surface area contributed by atoms with Crippen LogP contribution in [0, 0.1) is 13.8 Å². The van der Waals surface area contributed by atoms with Crippen molar-refractivity contribution in [3.05, 3.63) is 102 Å². The molecule has 0 aliphatic carbocycles. The van der Waals surface area contributed by atoms with Gasteiger partial charge in [0.05, 0.1) is 31.2 Å². The van der Waals surface area contributed by atoms with Gasteiger partial charge < -0.3 is 14.2 Å². The van der Waals surface area contributed by atoms with Crippen molar-refractivity contribution in [1.82, 2.24) is 0 Å². The average molecular weight is 467 g/mol. The molecule has 0 spiro atoms. The normalized spacial score (nSPS) is 10.9. The zero-order valence-corrected chi connectivity index (χ0v) is 20.1. The van der Waals surface area contributed by atoms with Gasteiger partial charge in [0.15, 0.2) is 0 Å². The Morgan fingerprint density at radius 2 is 1.17 bits per heavy atom. The van der Waals surface area contributed by atoms with Gasteiger partial charge in [0, 0.05) is 0 Å². The summed E-state index contributed by atoms with van der Waals surface area (Å²) < 4.78 is 16.1. The van der Waals surface area contributed by atoms with Gasteiger partial charge in [-0.05, 0) is 96.8 Å². The first-order valence-corrected chi connectivity index (χ1v) is 11.1. The van der Waals surface area contributed by atoms with Crippen LogP contribution in [-0.4, -0.2) is 20.2 Å². The molecule has 0 aliphatic heterocycles. The predicted molar refractivity (Wildman–Crippen MR) is 136 cm³/mol. The highest BCUT2D eigenvalue weighted by molar-refractivity contribution is 5.92. The molecule has 0 saturated heterocycles. The fourth-order valence-electron chi connectivity index (χ4n) is 3.50. The van der Waals surface area contributed by atoms with Crippen LogP contribution in [0.3, 0.4) is 0 Å². The molecule has 0 bridgehead atoms. The molecule has 6 nitrogen and oxygen atoms in total. The number of carbonyl (C=O) groups is 1. The van der Waals surface area contributed by atoms with Gasteiger partial charge in [-0.2, -0.15) is 10.2 Å². The van der Waals surface area contributed by atoms with Gasteiger partial charge in [-0.15, -0.1) is 0 Å². The molecule has 0 heterocycles. The number of hydrogen-bond donors (Lipinski definition) is 0. The van der Waals surface area contributed by atoms with Gasteiger partial charge in [-0.1, -0.05) is 24.3 Å². The van der Waals surface area contributed by atoms with Crippen molar-refractivity contribution in [2.24, 2.45) is 10.2 Å². The number of rotatable bonds is 7. The van der Waals surface area contributed by atoms with Crippen molar-refractivity contribution in [3.63, 3.8) is 0 Å². The molecule has 4 aromatic carbocycles. The average Bonchev–Trinajstić information content (AvgIpc) is 2.91. The first-order chi connectivity index (χ1) is 17.0. The molecule has 35 heavy (non-hydrogen) atoms. The summed E-state index contributed by atoms with van der Waals surface area (Å²) in [5.74, 6) is 1.64. The number of benzene rings is 4. The summed E-state index contributed by atoms with van der Waals surface area (Å²) in [6.45, 7) is 3.83. The van der Waals surface area contributed by atoms with E-state index in [9.17, 15) is 4.79 Å². The Morgan fingerprint density at radius 3 is 1.74 bits per heavy atom. The van der Waals surface area contributed by atoms with E-state index in [1.54, 1.807) is 38.5 Å². The number of carbonyl (C=O) groups excluding carboxylic acids is 1. The molecule has 0 N–H and O–H groups in total. The monoisotopic (exact) mass is 466 g/mol. The summed E-state index contributed by atoms with van der Waals surface area (Å²) >= 11 is 0. The molecule has 0 amide bonds. The fourth-order valence-corrected chi connectivity index (χ4v) is 3.50. The minimum Gasteiger partial charge on any atom is -0.497 e. The zero-order valence-electron chi connectivity index (χ0n) is 20.1. The maximum Gasteiger partial charge on any atom is 0.343 e. The first kappa shape index (κ1) is 23.7. The van der Waals surface area contributed by atoms with Crippen LogP contribution in [-0.2, 0) is 0 Å². The SMILES string of the molecule is COc1ccc(N=Nc2ccc(OC(=O)c3ccc(-c4ccc(OC)cc4)cc3)c(C)c2C)cc1. The van der Waals surface area contributed by atoms with Gasteiger partial charge >= 0.3 is 5.97 Å². The minimum absolute atomic E-state index is 0.415. The molecule has 0 atom stereocenters. The second-order valence-electron chi connectivity index (χ2n) is 7.93. The second-order valence-corrected chi connectivity index (χ2v) is 7.93. The van der Waals surface area contributed by atoms with Crippen molar-refractivity contribution in [2.45, 2.75) is 13.8 Å². The summed E-state index contributed by atoms with van der Waals surface area (Å²) in [6.07, 6.45) is 0. The van der Waals surface area contributed by atoms with Gasteiger partial charge in [-0.3, -0.25) is 0 Å². The molecule has 0 fully saturated rings. The number of hydrogen-bond acceptors (Lipinski definition) is 6. The van der Waals surface area contributed by atoms with E-state index in [-0.39, 0.29) is 0 Å². The molecule has 176 valence electrons. The van der Waals surface area contributed by atoms with Gasteiger partial charge in [-0.25, -0.2) is 4.79 Å². The minimum atomic E-state index is -0.415. The second kappa shape index (κ2) is 10.7. The van der Waals surface area contributed by atoms with Crippen LogP contribution in [0.5, 0.6) is 17.2 Å². The van der Waals surface area contributed by atoms with Crippen molar-refractivity contribution in [3.8, 4) is 28.4 Å². The smallest absolute Gasteiger partial charge is 0.343 e. The highest BCUT2D eigenvalue weighted by Crippen LogP contribution is 2.31. The topological polar surface area (TPSA) is 69.5 Å².